The Morgan fingerprint density at radius 1 is 1.48 bits per heavy atom. The first kappa shape index (κ1) is 14.1. The smallest absolute Gasteiger partial charge is 0.337 e. The number of para-hydroxylation sites is 1. The number of hydrogen-bond donors (Lipinski definition) is 1. The average Bonchev–Trinajstić information content (AvgIpc) is 3.17. The van der Waals surface area contributed by atoms with Crippen LogP contribution in [-0.4, -0.2) is 20.6 Å². The van der Waals surface area contributed by atoms with Gasteiger partial charge in [0, 0.05) is 12.5 Å². The summed E-state index contributed by atoms with van der Waals surface area (Å²) in [5.41, 5.74) is 1.91. The van der Waals surface area contributed by atoms with Crippen molar-refractivity contribution in [1.82, 2.24) is 9.55 Å². The highest BCUT2D eigenvalue weighted by Gasteiger charge is 2.26. The summed E-state index contributed by atoms with van der Waals surface area (Å²) in [5, 5.41) is 9.36. The van der Waals surface area contributed by atoms with Crippen molar-refractivity contribution in [2.24, 2.45) is 5.92 Å². The first-order valence-corrected chi connectivity index (χ1v) is 7.85. The summed E-state index contributed by atoms with van der Waals surface area (Å²) in [4.78, 5) is 16.1. The molecule has 21 heavy (non-hydrogen) atoms. The molecule has 0 saturated heterocycles. The molecule has 0 bridgehead atoms. The number of carboxylic acid groups (broad SMARTS) is 1. The third-order valence-corrected chi connectivity index (χ3v) is 4.31. The van der Waals surface area contributed by atoms with Crippen LogP contribution in [0.3, 0.4) is 0 Å². The summed E-state index contributed by atoms with van der Waals surface area (Å²) in [6.07, 6.45) is 5.74. The van der Waals surface area contributed by atoms with E-state index in [4.69, 9.17) is 0 Å². The van der Waals surface area contributed by atoms with Gasteiger partial charge in [0.1, 0.15) is 11.3 Å². The van der Waals surface area contributed by atoms with E-state index in [1.165, 1.54) is 19.3 Å². The highest BCUT2D eigenvalue weighted by atomic mass is 16.4. The van der Waals surface area contributed by atoms with Crippen LogP contribution in [0.2, 0.25) is 0 Å². The monoisotopic (exact) mass is 286 g/mol. The zero-order valence-corrected chi connectivity index (χ0v) is 12.7. The molecule has 1 saturated carbocycles. The number of fused-ring (bicyclic) bond motifs is 1. The Kier molecular flexibility index (Phi) is 3.70. The van der Waals surface area contributed by atoms with Crippen LogP contribution in [0.25, 0.3) is 11.0 Å². The Morgan fingerprint density at radius 2 is 2.24 bits per heavy atom. The molecule has 1 heterocycles. The minimum absolute atomic E-state index is 0.308. The Hall–Kier alpha value is -1.84. The Balaban J connectivity index is 2.12. The summed E-state index contributed by atoms with van der Waals surface area (Å²) in [6.45, 7) is 4.36. The molecule has 0 amide bonds. The third kappa shape index (κ3) is 2.67. The average molecular weight is 286 g/mol. The van der Waals surface area contributed by atoms with Crippen LogP contribution in [0.1, 0.15) is 61.8 Å². The van der Waals surface area contributed by atoms with Crippen LogP contribution in [0.15, 0.2) is 18.2 Å². The van der Waals surface area contributed by atoms with Gasteiger partial charge in [-0.05, 0) is 37.8 Å². The highest BCUT2D eigenvalue weighted by molar-refractivity contribution is 6.01. The molecule has 1 aromatic carbocycles. The van der Waals surface area contributed by atoms with Crippen LogP contribution in [-0.2, 0) is 6.42 Å². The second-order valence-electron chi connectivity index (χ2n) is 6.15. The van der Waals surface area contributed by atoms with Crippen molar-refractivity contribution in [3.05, 3.63) is 29.6 Å². The van der Waals surface area contributed by atoms with Gasteiger partial charge >= 0.3 is 5.97 Å². The molecule has 1 fully saturated rings. The lowest BCUT2D eigenvalue weighted by atomic mass is 10.1. The van der Waals surface area contributed by atoms with Crippen LogP contribution < -0.4 is 0 Å². The second-order valence-corrected chi connectivity index (χ2v) is 6.15. The summed E-state index contributed by atoms with van der Waals surface area (Å²) >= 11 is 0. The quantitative estimate of drug-likeness (QED) is 0.871. The van der Waals surface area contributed by atoms with Gasteiger partial charge in [-0.25, -0.2) is 9.78 Å². The molecule has 4 nitrogen and oxygen atoms in total. The third-order valence-electron chi connectivity index (χ3n) is 4.31. The van der Waals surface area contributed by atoms with Gasteiger partial charge in [-0.3, -0.25) is 0 Å². The summed E-state index contributed by atoms with van der Waals surface area (Å²) < 4.78 is 2.27. The van der Waals surface area contributed by atoms with E-state index >= 15 is 0 Å². The zero-order valence-electron chi connectivity index (χ0n) is 12.7. The maximum Gasteiger partial charge on any atom is 0.337 e. The Morgan fingerprint density at radius 3 is 2.86 bits per heavy atom. The summed E-state index contributed by atoms with van der Waals surface area (Å²) in [7, 11) is 0. The van der Waals surface area contributed by atoms with Crippen molar-refractivity contribution in [1.29, 1.82) is 0 Å². The largest absolute Gasteiger partial charge is 0.478 e. The Bertz CT molecular complexity index is 671. The molecule has 0 radical (unpaired) electrons. The van der Waals surface area contributed by atoms with E-state index < -0.39 is 5.97 Å². The van der Waals surface area contributed by atoms with E-state index in [9.17, 15) is 9.90 Å². The topological polar surface area (TPSA) is 55.1 Å². The van der Waals surface area contributed by atoms with Crippen LogP contribution in [0, 0.1) is 5.92 Å². The first-order chi connectivity index (χ1) is 10.1. The van der Waals surface area contributed by atoms with Gasteiger partial charge < -0.3 is 9.67 Å². The highest BCUT2D eigenvalue weighted by Crippen LogP contribution is 2.38. The molecule has 1 aromatic heterocycles. The fraction of sp³-hybridized carbons (Fsp3) is 0.529. The summed E-state index contributed by atoms with van der Waals surface area (Å²) in [5.74, 6) is 0.965. The molecule has 1 N–H and O–H groups in total. The van der Waals surface area contributed by atoms with E-state index in [0.717, 1.165) is 30.1 Å². The van der Waals surface area contributed by atoms with Crippen molar-refractivity contribution >= 4 is 17.0 Å². The lowest BCUT2D eigenvalue weighted by Crippen LogP contribution is -2.10. The summed E-state index contributed by atoms with van der Waals surface area (Å²) in [6, 6.07) is 5.84. The van der Waals surface area contributed by atoms with E-state index in [1.807, 2.05) is 12.1 Å². The van der Waals surface area contributed by atoms with E-state index in [2.05, 4.69) is 23.4 Å². The Labute approximate surface area is 124 Å². The van der Waals surface area contributed by atoms with Gasteiger partial charge in [0.15, 0.2) is 0 Å². The molecule has 3 rings (SSSR count). The van der Waals surface area contributed by atoms with Gasteiger partial charge in [-0.15, -0.1) is 0 Å². The predicted molar refractivity (Wildman–Crippen MR) is 82.7 cm³/mol. The second kappa shape index (κ2) is 5.51. The minimum Gasteiger partial charge on any atom is -0.478 e. The molecule has 1 aliphatic carbocycles. The van der Waals surface area contributed by atoms with Crippen molar-refractivity contribution in [3.8, 4) is 0 Å². The number of aryl methyl sites for hydroxylation is 1. The molecular weight excluding hydrogens is 264 g/mol. The number of carbonyl (C=O) groups is 1. The number of carboxylic acids is 1. The molecule has 2 aromatic rings. The molecule has 1 unspecified atom stereocenters. The first-order valence-electron chi connectivity index (χ1n) is 7.85. The normalized spacial score (nSPS) is 16.3. The lowest BCUT2D eigenvalue weighted by Gasteiger charge is -2.17. The van der Waals surface area contributed by atoms with Crippen molar-refractivity contribution < 1.29 is 9.90 Å². The molecule has 1 aliphatic rings. The van der Waals surface area contributed by atoms with Gasteiger partial charge in [-0.2, -0.15) is 0 Å². The SMILES string of the molecule is CCCc1nc2c(C(=O)O)cccc2n1C(C)CC1CC1. The molecular formula is C17H22N2O2. The van der Waals surface area contributed by atoms with Crippen LogP contribution in [0.4, 0.5) is 0 Å². The maximum absolute atomic E-state index is 11.4. The number of imidazole rings is 1. The molecule has 0 spiro atoms. The number of aromatic nitrogens is 2. The van der Waals surface area contributed by atoms with E-state index in [0.29, 0.717) is 17.1 Å². The van der Waals surface area contributed by atoms with Crippen molar-refractivity contribution in [3.63, 3.8) is 0 Å². The van der Waals surface area contributed by atoms with E-state index in [-0.39, 0.29) is 0 Å². The number of rotatable bonds is 6. The van der Waals surface area contributed by atoms with Crippen LogP contribution in [0.5, 0.6) is 0 Å². The maximum atomic E-state index is 11.4. The molecule has 1 atom stereocenters. The fourth-order valence-corrected chi connectivity index (χ4v) is 3.17. The minimum atomic E-state index is -0.900. The van der Waals surface area contributed by atoms with Crippen molar-refractivity contribution in [2.45, 2.75) is 52.0 Å². The van der Waals surface area contributed by atoms with E-state index in [1.54, 1.807) is 6.07 Å². The molecule has 0 aliphatic heterocycles. The molecule has 112 valence electrons. The predicted octanol–water partition coefficient (Wildman–Crippen LogP) is 4.05. The standard InChI is InChI=1S/C17H22N2O2/c1-3-5-15-18-16-13(17(20)21)6-4-7-14(16)19(15)11(2)10-12-8-9-12/h4,6-7,11-12H,3,5,8-10H2,1-2H3,(H,20,21). The number of aromatic carboxylic acids is 1. The van der Waals surface area contributed by atoms with Crippen LogP contribution >= 0.6 is 0 Å². The lowest BCUT2D eigenvalue weighted by molar-refractivity contribution is 0.0699. The van der Waals surface area contributed by atoms with Gasteiger partial charge in [0.2, 0.25) is 0 Å². The number of nitrogens with zero attached hydrogens (tertiary/aromatic N) is 2. The van der Waals surface area contributed by atoms with Gasteiger partial charge in [-0.1, -0.05) is 25.8 Å². The van der Waals surface area contributed by atoms with Gasteiger partial charge in [0.05, 0.1) is 11.1 Å². The zero-order chi connectivity index (χ0) is 15.0. The van der Waals surface area contributed by atoms with Gasteiger partial charge in [0.25, 0.3) is 0 Å². The number of hydrogen-bond acceptors (Lipinski definition) is 2. The fourth-order valence-electron chi connectivity index (χ4n) is 3.17. The van der Waals surface area contributed by atoms with Crippen molar-refractivity contribution in [2.75, 3.05) is 0 Å². The molecule has 4 heteroatoms. The number of benzene rings is 1.